The molecule has 4 nitrogen and oxygen atoms in total. The minimum atomic E-state index is -0.209. The Hall–Kier alpha value is -1.75. The summed E-state index contributed by atoms with van der Waals surface area (Å²) in [5.74, 6) is -0.209. The Kier molecular flexibility index (Phi) is 2.96. The summed E-state index contributed by atoms with van der Waals surface area (Å²) in [4.78, 5) is 15.4. The molecule has 0 N–H and O–H groups in total. The summed E-state index contributed by atoms with van der Waals surface area (Å²) in [6.45, 7) is 1.43. The molecule has 2 rings (SSSR count). The standard InChI is InChI=1S/C11H11N3OS/c1-8(15)12-11-14(2)13-10(16-11)9-6-4-3-5-7-9/h3-7H,1-2H3. The van der Waals surface area contributed by atoms with Gasteiger partial charge in [0.1, 0.15) is 5.01 Å². The lowest BCUT2D eigenvalue weighted by Gasteiger charge is -1.91. The van der Waals surface area contributed by atoms with E-state index in [0.717, 1.165) is 10.6 Å². The van der Waals surface area contributed by atoms with Gasteiger partial charge in [0.25, 0.3) is 0 Å². The summed E-state index contributed by atoms with van der Waals surface area (Å²) < 4.78 is 1.62. The van der Waals surface area contributed by atoms with Crippen molar-refractivity contribution in [3.63, 3.8) is 0 Å². The fourth-order valence-electron chi connectivity index (χ4n) is 1.28. The Morgan fingerprint density at radius 1 is 1.38 bits per heavy atom. The molecule has 0 bridgehead atoms. The number of carbonyl (C=O) groups is 1. The average Bonchev–Trinajstić information content (AvgIpc) is 2.61. The molecule has 0 unspecified atom stereocenters. The van der Waals surface area contributed by atoms with Crippen LogP contribution in [0.2, 0.25) is 0 Å². The molecule has 0 spiro atoms. The van der Waals surface area contributed by atoms with E-state index in [1.165, 1.54) is 18.3 Å². The van der Waals surface area contributed by atoms with Gasteiger partial charge in [-0.3, -0.25) is 4.79 Å². The number of hydrogen-bond donors (Lipinski definition) is 0. The summed E-state index contributed by atoms with van der Waals surface area (Å²) in [5, 5.41) is 5.19. The van der Waals surface area contributed by atoms with E-state index < -0.39 is 0 Å². The van der Waals surface area contributed by atoms with Crippen LogP contribution in [0.15, 0.2) is 35.3 Å². The first kappa shape index (κ1) is 10.8. The number of amides is 1. The first-order valence-electron chi connectivity index (χ1n) is 4.81. The van der Waals surface area contributed by atoms with E-state index in [1.807, 2.05) is 30.3 Å². The summed E-state index contributed by atoms with van der Waals surface area (Å²) in [6.07, 6.45) is 0. The minimum Gasteiger partial charge on any atom is -0.273 e. The van der Waals surface area contributed by atoms with Crippen LogP contribution in [-0.4, -0.2) is 15.7 Å². The van der Waals surface area contributed by atoms with Crippen LogP contribution in [0, 0.1) is 0 Å². The molecular weight excluding hydrogens is 222 g/mol. The number of hydrogen-bond acceptors (Lipinski definition) is 3. The lowest BCUT2D eigenvalue weighted by Crippen LogP contribution is -2.13. The minimum absolute atomic E-state index is 0.209. The van der Waals surface area contributed by atoms with Crippen LogP contribution in [0.25, 0.3) is 10.6 Å². The molecule has 0 fully saturated rings. The van der Waals surface area contributed by atoms with Crippen molar-refractivity contribution in [3.8, 4) is 10.6 Å². The van der Waals surface area contributed by atoms with Gasteiger partial charge in [0.15, 0.2) is 0 Å². The molecule has 2 aromatic rings. The van der Waals surface area contributed by atoms with Crippen molar-refractivity contribution >= 4 is 17.2 Å². The maximum atomic E-state index is 10.9. The molecule has 16 heavy (non-hydrogen) atoms. The third kappa shape index (κ3) is 2.25. The number of carbonyl (C=O) groups excluding carboxylic acids is 1. The molecule has 1 aromatic heterocycles. The van der Waals surface area contributed by atoms with Crippen LogP contribution in [0.4, 0.5) is 0 Å². The van der Waals surface area contributed by atoms with Gasteiger partial charge < -0.3 is 0 Å². The molecule has 1 heterocycles. The monoisotopic (exact) mass is 233 g/mol. The van der Waals surface area contributed by atoms with Crippen molar-refractivity contribution < 1.29 is 4.79 Å². The molecule has 0 saturated heterocycles. The van der Waals surface area contributed by atoms with E-state index in [4.69, 9.17) is 0 Å². The van der Waals surface area contributed by atoms with Gasteiger partial charge in [-0.05, 0) is 0 Å². The van der Waals surface area contributed by atoms with E-state index >= 15 is 0 Å². The van der Waals surface area contributed by atoms with E-state index in [1.54, 1.807) is 11.7 Å². The molecule has 0 aliphatic carbocycles. The molecule has 5 heteroatoms. The number of rotatable bonds is 1. The molecule has 0 atom stereocenters. The predicted molar refractivity (Wildman–Crippen MR) is 62.8 cm³/mol. The lowest BCUT2D eigenvalue weighted by atomic mass is 10.2. The number of nitrogens with zero attached hydrogens (tertiary/aromatic N) is 3. The van der Waals surface area contributed by atoms with Gasteiger partial charge in [-0.2, -0.15) is 10.1 Å². The number of benzene rings is 1. The van der Waals surface area contributed by atoms with Crippen molar-refractivity contribution in [2.45, 2.75) is 6.92 Å². The van der Waals surface area contributed by atoms with Crippen molar-refractivity contribution in [1.29, 1.82) is 0 Å². The fourth-order valence-corrected chi connectivity index (χ4v) is 2.22. The maximum absolute atomic E-state index is 10.9. The zero-order valence-electron chi connectivity index (χ0n) is 9.04. The number of aromatic nitrogens is 2. The second kappa shape index (κ2) is 4.40. The number of aryl methyl sites for hydroxylation is 1. The predicted octanol–water partition coefficient (Wildman–Crippen LogP) is 1.60. The summed E-state index contributed by atoms with van der Waals surface area (Å²) in [7, 11) is 1.78. The van der Waals surface area contributed by atoms with Crippen LogP contribution >= 0.6 is 11.3 Å². The van der Waals surface area contributed by atoms with Crippen LogP contribution in [-0.2, 0) is 11.8 Å². The van der Waals surface area contributed by atoms with Crippen molar-refractivity contribution in [2.75, 3.05) is 0 Å². The summed E-state index contributed by atoms with van der Waals surface area (Å²) >= 11 is 1.41. The Bertz CT molecular complexity index is 568. The third-order valence-electron chi connectivity index (χ3n) is 1.98. The Labute approximate surface area is 96.9 Å². The summed E-state index contributed by atoms with van der Waals surface area (Å²) in [6, 6.07) is 9.84. The zero-order chi connectivity index (χ0) is 11.5. The molecule has 0 saturated carbocycles. The highest BCUT2D eigenvalue weighted by Crippen LogP contribution is 2.17. The van der Waals surface area contributed by atoms with E-state index in [2.05, 4.69) is 10.1 Å². The quantitative estimate of drug-likeness (QED) is 0.751. The van der Waals surface area contributed by atoms with E-state index in [-0.39, 0.29) is 5.91 Å². The first-order valence-corrected chi connectivity index (χ1v) is 5.63. The van der Waals surface area contributed by atoms with Gasteiger partial charge in [0.2, 0.25) is 10.7 Å². The average molecular weight is 233 g/mol. The zero-order valence-corrected chi connectivity index (χ0v) is 9.86. The van der Waals surface area contributed by atoms with E-state index in [9.17, 15) is 4.79 Å². The van der Waals surface area contributed by atoms with Gasteiger partial charge in [0.05, 0.1) is 0 Å². The van der Waals surface area contributed by atoms with Crippen molar-refractivity contribution in [3.05, 3.63) is 35.1 Å². The molecule has 0 aliphatic heterocycles. The topological polar surface area (TPSA) is 47.2 Å². The van der Waals surface area contributed by atoms with Crippen LogP contribution in [0.1, 0.15) is 6.92 Å². The molecule has 1 amide bonds. The fraction of sp³-hybridized carbons (Fsp3) is 0.182. The van der Waals surface area contributed by atoms with Gasteiger partial charge in [-0.15, -0.1) is 0 Å². The van der Waals surface area contributed by atoms with Gasteiger partial charge in [-0.25, -0.2) is 4.68 Å². The molecule has 0 aliphatic rings. The smallest absolute Gasteiger partial charge is 0.245 e. The lowest BCUT2D eigenvalue weighted by molar-refractivity contribution is -0.116. The highest BCUT2D eigenvalue weighted by atomic mass is 32.1. The molecular formula is C11H11N3OS. The maximum Gasteiger partial charge on any atom is 0.245 e. The van der Waals surface area contributed by atoms with Crippen LogP contribution in [0.5, 0.6) is 0 Å². The highest BCUT2D eigenvalue weighted by molar-refractivity contribution is 7.12. The first-order chi connectivity index (χ1) is 7.66. The van der Waals surface area contributed by atoms with Gasteiger partial charge >= 0.3 is 0 Å². The van der Waals surface area contributed by atoms with Gasteiger partial charge in [0, 0.05) is 19.5 Å². The second-order valence-electron chi connectivity index (χ2n) is 3.31. The molecule has 82 valence electrons. The van der Waals surface area contributed by atoms with E-state index in [0.29, 0.717) is 4.80 Å². The van der Waals surface area contributed by atoms with Crippen molar-refractivity contribution in [1.82, 2.24) is 9.78 Å². The SMILES string of the molecule is CC(=O)N=c1sc(-c2ccccc2)nn1C. The van der Waals surface area contributed by atoms with Crippen LogP contribution < -0.4 is 4.80 Å². The van der Waals surface area contributed by atoms with Crippen LogP contribution in [0.3, 0.4) is 0 Å². The molecule has 1 aromatic carbocycles. The molecule has 0 radical (unpaired) electrons. The Balaban J connectivity index is 2.51. The van der Waals surface area contributed by atoms with Gasteiger partial charge in [-0.1, -0.05) is 41.7 Å². The second-order valence-corrected chi connectivity index (χ2v) is 4.27. The van der Waals surface area contributed by atoms with Crippen molar-refractivity contribution in [2.24, 2.45) is 12.0 Å². The largest absolute Gasteiger partial charge is 0.273 e. The Morgan fingerprint density at radius 3 is 2.69 bits per heavy atom. The third-order valence-corrected chi connectivity index (χ3v) is 3.03. The highest BCUT2D eigenvalue weighted by Gasteiger charge is 2.04. The Morgan fingerprint density at radius 2 is 2.06 bits per heavy atom. The summed E-state index contributed by atoms with van der Waals surface area (Å²) in [5.41, 5.74) is 1.04. The normalized spacial score (nSPS) is 11.8.